The largest absolute Gasteiger partial charge is 0.379 e. The van der Waals surface area contributed by atoms with E-state index in [0.29, 0.717) is 22.7 Å². The van der Waals surface area contributed by atoms with Gasteiger partial charge in [-0.1, -0.05) is 12.1 Å². The van der Waals surface area contributed by atoms with Gasteiger partial charge in [0.2, 0.25) is 0 Å². The van der Waals surface area contributed by atoms with Gasteiger partial charge in [-0.05, 0) is 80.3 Å². The van der Waals surface area contributed by atoms with E-state index < -0.39 is 5.41 Å². The summed E-state index contributed by atoms with van der Waals surface area (Å²) < 4.78 is 7.47. The second-order valence-electron chi connectivity index (χ2n) is 11.0. The molecule has 1 N–H and O–H groups in total. The SMILES string of the molecule is Cc1cccc(-n2ccc(C(=O)Nc3ccc(C4(C#N)CCC5(CC4)CC5N4CCOCC4)nc3)c2)c1. The van der Waals surface area contributed by atoms with Gasteiger partial charge in [0.15, 0.2) is 0 Å². The number of nitrogens with zero attached hydrogens (tertiary/aromatic N) is 4. The summed E-state index contributed by atoms with van der Waals surface area (Å²) in [5, 5.41) is 13.1. The average molecular weight is 496 g/mol. The Morgan fingerprint density at radius 1 is 1.14 bits per heavy atom. The molecule has 3 fully saturated rings. The monoisotopic (exact) mass is 495 g/mol. The normalized spacial score (nSPS) is 27.5. The zero-order valence-electron chi connectivity index (χ0n) is 21.3. The van der Waals surface area contributed by atoms with Crippen LogP contribution in [0.5, 0.6) is 0 Å². The molecule has 3 heterocycles. The molecule has 7 heteroatoms. The third kappa shape index (κ3) is 4.56. The number of aromatic nitrogens is 2. The van der Waals surface area contributed by atoms with Crippen LogP contribution in [0.4, 0.5) is 5.69 Å². The van der Waals surface area contributed by atoms with E-state index >= 15 is 0 Å². The van der Waals surface area contributed by atoms with E-state index in [4.69, 9.17) is 4.74 Å². The first-order valence-corrected chi connectivity index (χ1v) is 13.3. The number of carbonyl (C=O) groups is 1. The average Bonchev–Trinajstić information content (AvgIpc) is 3.40. The van der Waals surface area contributed by atoms with Gasteiger partial charge in [-0.3, -0.25) is 14.7 Å². The first-order valence-electron chi connectivity index (χ1n) is 13.3. The highest BCUT2D eigenvalue weighted by Gasteiger charge is 2.60. The van der Waals surface area contributed by atoms with Crippen LogP contribution in [0.1, 0.15) is 53.7 Å². The molecule has 0 bridgehead atoms. The maximum Gasteiger partial charge on any atom is 0.257 e. The standard InChI is InChI=1S/C30H33N5O2/c1-22-3-2-4-25(17-22)35-12-7-23(20-35)28(36)33-24-5-6-26(32-19-24)30(21-31)10-8-29(9-11-30)18-27(29)34-13-15-37-16-14-34/h2-7,12,17,19-20,27H,8-11,13-16,18H2,1H3,(H,33,36). The third-order valence-electron chi connectivity index (χ3n) is 8.71. The van der Waals surface area contributed by atoms with Crippen molar-refractivity contribution in [1.29, 1.82) is 5.26 Å². The molecule has 1 aromatic carbocycles. The number of carbonyl (C=O) groups excluding carboxylic acids is 1. The van der Waals surface area contributed by atoms with Crippen LogP contribution in [0.15, 0.2) is 61.1 Å². The zero-order valence-corrected chi connectivity index (χ0v) is 21.3. The van der Waals surface area contributed by atoms with E-state index in [1.807, 2.05) is 60.3 Å². The molecule has 1 saturated heterocycles. The van der Waals surface area contributed by atoms with Gasteiger partial charge in [-0.25, -0.2) is 0 Å². The summed E-state index contributed by atoms with van der Waals surface area (Å²) in [4.78, 5) is 20.1. The Morgan fingerprint density at radius 2 is 1.95 bits per heavy atom. The van der Waals surface area contributed by atoms with E-state index in [0.717, 1.165) is 63.4 Å². The Labute approximate surface area is 218 Å². The maximum atomic E-state index is 12.9. The number of hydrogen-bond donors (Lipinski definition) is 1. The van der Waals surface area contributed by atoms with Crippen molar-refractivity contribution < 1.29 is 9.53 Å². The number of anilines is 1. The van der Waals surface area contributed by atoms with Crippen LogP contribution >= 0.6 is 0 Å². The van der Waals surface area contributed by atoms with Crippen LogP contribution in [-0.4, -0.2) is 52.7 Å². The molecule has 1 spiro atoms. The number of nitrogens with one attached hydrogen (secondary N) is 1. The van der Waals surface area contributed by atoms with Gasteiger partial charge in [-0.2, -0.15) is 5.26 Å². The summed E-state index contributed by atoms with van der Waals surface area (Å²) in [7, 11) is 0. The number of ether oxygens (including phenoxy) is 1. The Morgan fingerprint density at radius 3 is 2.65 bits per heavy atom. The summed E-state index contributed by atoms with van der Waals surface area (Å²) in [5.41, 5.74) is 4.04. The highest BCUT2D eigenvalue weighted by molar-refractivity contribution is 6.04. The first kappa shape index (κ1) is 23.9. The molecule has 3 aliphatic rings. The lowest BCUT2D eigenvalue weighted by Crippen LogP contribution is -2.41. The fraction of sp³-hybridized carbons (Fsp3) is 0.433. The molecule has 0 radical (unpaired) electrons. The van der Waals surface area contributed by atoms with Crippen molar-refractivity contribution in [2.45, 2.75) is 50.5 Å². The van der Waals surface area contributed by atoms with Crippen LogP contribution in [0.3, 0.4) is 0 Å². The van der Waals surface area contributed by atoms with E-state index in [1.54, 1.807) is 6.20 Å². The molecule has 37 heavy (non-hydrogen) atoms. The number of morpholine rings is 1. The summed E-state index contributed by atoms with van der Waals surface area (Å²) in [6.07, 6.45) is 10.5. The minimum absolute atomic E-state index is 0.182. The van der Waals surface area contributed by atoms with Gasteiger partial charge in [0.05, 0.1) is 47.8 Å². The highest BCUT2D eigenvalue weighted by atomic mass is 16.5. The van der Waals surface area contributed by atoms with E-state index in [-0.39, 0.29) is 5.91 Å². The smallest absolute Gasteiger partial charge is 0.257 e. The highest BCUT2D eigenvalue weighted by Crippen LogP contribution is 2.62. The number of hydrogen-bond acceptors (Lipinski definition) is 5. The molecule has 1 unspecified atom stereocenters. The van der Waals surface area contributed by atoms with Crippen LogP contribution < -0.4 is 5.32 Å². The van der Waals surface area contributed by atoms with Gasteiger partial charge in [-0.15, -0.1) is 0 Å². The molecule has 3 aromatic rings. The Bertz CT molecular complexity index is 1320. The van der Waals surface area contributed by atoms with E-state index in [1.165, 1.54) is 12.0 Å². The lowest BCUT2D eigenvalue weighted by atomic mass is 9.67. The van der Waals surface area contributed by atoms with Crippen LogP contribution in [0, 0.1) is 23.7 Å². The maximum absolute atomic E-state index is 12.9. The van der Waals surface area contributed by atoms with Crippen LogP contribution in [-0.2, 0) is 10.2 Å². The second kappa shape index (κ2) is 9.44. The van der Waals surface area contributed by atoms with Gasteiger partial charge >= 0.3 is 0 Å². The number of amides is 1. The number of aryl methyl sites for hydroxylation is 1. The van der Waals surface area contributed by atoms with Crippen LogP contribution in [0.2, 0.25) is 0 Å². The summed E-state index contributed by atoms with van der Waals surface area (Å²) in [6.45, 7) is 5.77. The fourth-order valence-corrected chi connectivity index (χ4v) is 6.30. The molecule has 2 aliphatic carbocycles. The number of rotatable bonds is 5. The molecule has 1 amide bonds. The molecule has 2 aromatic heterocycles. The van der Waals surface area contributed by atoms with Gasteiger partial charge in [0.1, 0.15) is 0 Å². The number of pyridine rings is 1. The van der Waals surface area contributed by atoms with Crippen LogP contribution in [0.25, 0.3) is 5.69 Å². The second-order valence-corrected chi connectivity index (χ2v) is 11.0. The fourth-order valence-electron chi connectivity index (χ4n) is 6.30. The Kier molecular flexibility index (Phi) is 6.10. The predicted molar refractivity (Wildman–Crippen MR) is 142 cm³/mol. The molecular formula is C30H33N5O2. The van der Waals surface area contributed by atoms with Crippen molar-refractivity contribution in [2.24, 2.45) is 5.41 Å². The molecule has 6 rings (SSSR count). The summed E-state index contributed by atoms with van der Waals surface area (Å²) in [6, 6.07) is 17.0. The van der Waals surface area contributed by atoms with Gasteiger partial charge < -0.3 is 14.6 Å². The molecule has 7 nitrogen and oxygen atoms in total. The number of benzene rings is 1. The Hall–Kier alpha value is -3.47. The lowest BCUT2D eigenvalue weighted by Gasteiger charge is -2.37. The summed E-state index contributed by atoms with van der Waals surface area (Å²) in [5.74, 6) is -0.182. The van der Waals surface area contributed by atoms with Gasteiger partial charge in [0, 0.05) is 37.2 Å². The van der Waals surface area contributed by atoms with E-state index in [2.05, 4.69) is 27.3 Å². The van der Waals surface area contributed by atoms with E-state index in [9.17, 15) is 10.1 Å². The lowest BCUT2D eigenvalue weighted by molar-refractivity contribution is 0.0239. The first-order chi connectivity index (χ1) is 18.0. The summed E-state index contributed by atoms with van der Waals surface area (Å²) >= 11 is 0. The zero-order chi connectivity index (χ0) is 25.5. The molecular weight excluding hydrogens is 462 g/mol. The van der Waals surface area contributed by atoms with Crippen molar-refractivity contribution in [3.8, 4) is 11.8 Å². The molecule has 1 atom stereocenters. The van der Waals surface area contributed by atoms with Gasteiger partial charge in [0.25, 0.3) is 5.91 Å². The van der Waals surface area contributed by atoms with Crippen molar-refractivity contribution in [3.63, 3.8) is 0 Å². The minimum atomic E-state index is -0.545. The Balaban J connectivity index is 1.09. The van der Waals surface area contributed by atoms with Crippen molar-refractivity contribution in [3.05, 3.63) is 77.9 Å². The van der Waals surface area contributed by atoms with Crippen molar-refractivity contribution >= 4 is 11.6 Å². The number of nitriles is 1. The molecule has 1 aliphatic heterocycles. The minimum Gasteiger partial charge on any atom is -0.379 e. The topological polar surface area (TPSA) is 83.2 Å². The van der Waals surface area contributed by atoms with Crippen molar-refractivity contribution in [1.82, 2.24) is 14.5 Å². The third-order valence-corrected chi connectivity index (χ3v) is 8.71. The molecule has 190 valence electrons. The van der Waals surface area contributed by atoms with Crippen molar-refractivity contribution in [2.75, 3.05) is 31.6 Å². The quantitative estimate of drug-likeness (QED) is 0.547. The molecule has 2 saturated carbocycles. The predicted octanol–water partition coefficient (Wildman–Crippen LogP) is 4.86.